The first-order chi connectivity index (χ1) is 10.6. The van der Waals surface area contributed by atoms with Gasteiger partial charge in [-0.2, -0.15) is 5.10 Å². The molecule has 4 nitrogen and oxygen atoms in total. The normalized spacial score (nSPS) is 11.2. The fourth-order valence-electron chi connectivity index (χ4n) is 2.26. The van der Waals surface area contributed by atoms with E-state index in [1.54, 1.807) is 6.21 Å². The fraction of sp³-hybridized carbons (Fsp3) is 0.167. The number of aromatic nitrogens is 3. The van der Waals surface area contributed by atoms with Crippen LogP contribution in [0.25, 0.3) is 5.82 Å². The van der Waals surface area contributed by atoms with Gasteiger partial charge in [0.05, 0.1) is 23.3 Å². The van der Waals surface area contributed by atoms with Crippen molar-refractivity contribution in [3.63, 3.8) is 0 Å². The van der Waals surface area contributed by atoms with Gasteiger partial charge in [0.15, 0.2) is 5.82 Å². The Kier molecular flexibility index (Phi) is 3.83. The first kappa shape index (κ1) is 14.2. The minimum atomic E-state index is 0.804. The molecule has 0 aliphatic carbocycles. The van der Waals surface area contributed by atoms with Crippen LogP contribution >= 0.6 is 0 Å². The molecule has 1 aromatic carbocycles. The van der Waals surface area contributed by atoms with Crippen LogP contribution in [0.1, 0.15) is 22.6 Å². The van der Waals surface area contributed by atoms with E-state index in [9.17, 15) is 0 Å². The molecule has 4 heteroatoms. The van der Waals surface area contributed by atoms with Gasteiger partial charge in [0.2, 0.25) is 0 Å². The predicted octanol–water partition coefficient (Wildman–Crippen LogP) is 3.94. The van der Waals surface area contributed by atoms with Crippen molar-refractivity contribution in [2.24, 2.45) is 4.99 Å². The number of rotatable bonds is 3. The van der Waals surface area contributed by atoms with Gasteiger partial charge in [-0.05, 0) is 51.1 Å². The van der Waals surface area contributed by atoms with Crippen LogP contribution in [0.5, 0.6) is 0 Å². The summed E-state index contributed by atoms with van der Waals surface area (Å²) in [5.74, 6) is 0.804. The molecule has 0 fully saturated rings. The number of hydrogen-bond donors (Lipinski definition) is 0. The van der Waals surface area contributed by atoms with Gasteiger partial charge in [0.25, 0.3) is 0 Å². The van der Waals surface area contributed by atoms with E-state index in [0.29, 0.717) is 0 Å². The van der Waals surface area contributed by atoms with Crippen LogP contribution in [-0.2, 0) is 0 Å². The quantitative estimate of drug-likeness (QED) is 0.686. The molecule has 0 bridgehead atoms. The summed E-state index contributed by atoms with van der Waals surface area (Å²) in [4.78, 5) is 9.06. The molecule has 0 N–H and O–H groups in total. The Morgan fingerprint density at radius 3 is 2.45 bits per heavy atom. The van der Waals surface area contributed by atoms with Crippen LogP contribution in [0.15, 0.2) is 53.5 Å². The van der Waals surface area contributed by atoms with Crippen LogP contribution in [-0.4, -0.2) is 21.0 Å². The molecular weight excluding hydrogens is 272 g/mol. The molecule has 0 aliphatic heterocycles. The number of benzene rings is 1. The first-order valence-electron chi connectivity index (χ1n) is 7.23. The minimum Gasteiger partial charge on any atom is -0.255 e. The highest BCUT2D eigenvalue weighted by Gasteiger charge is 2.04. The van der Waals surface area contributed by atoms with Crippen molar-refractivity contribution in [3.05, 3.63) is 71.2 Å². The zero-order valence-electron chi connectivity index (χ0n) is 13.0. The second-order valence-corrected chi connectivity index (χ2v) is 5.35. The Balaban J connectivity index is 1.88. The highest BCUT2D eigenvalue weighted by Crippen LogP contribution is 2.13. The van der Waals surface area contributed by atoms with E-state index < -0.39 is 0 Å². The maximum atomic E-state index is 4.60. The lowest BCUT2D eigenvalue weighted by Crippen LogP contribution is -2.03. The smallest absolute Gasteiger partial charge is 0.154 e. The number of pyridine rings is 1. The number of aryl methyl sites for hydroxylation is 3. The molecule has 0 unspecified atom stereocenters. The Morgan fingerprint density at radius 1 is 1.00 bits per heavy atom. The number of hydrogen-bond acceptors (Lipinski definition) is 3. The van der Waals surface area contributed by atoms with Crippen LogP contribution in [0, 0.1) is 20.8 Å². The van der Waals surface area contributed by atoms with Crippen molar-refractivity contribution in [1.82, 2.24) is 14.8 Å². The van der Waals surface area contributed by atoms with Gasteiger partial charge in [0.1, 0.15) is 0 Å². The molecule has 0 saturated carbocycles. The van der Waals surface area contributed by atoms with Crippen molar-refractivity contribution in [2.45, 2.75) is 20.8 Å². The summed E-state index contributed by atoms with van der Waals surface area (Å²) in [6, 6.07) is 16.0. The van der Waals surface area contributed by atoms with E-state index in [-0.39, 0.29) is 0 Å². The maximum Gasteiger partial charge on any atom is 0.154 e. The van der Waals surface area contributed by atoms with E-state index in [2.05, 4.69) is 22.0 Å². The standard InChI is InChI=1S/C18H18N4/c1-13-7-9-16(10-8-13)19-12-17-5-4-6-18(20-17)22-15(3)11-14(2)21-22/h4-12H,1-3H3. The van der Waals surface area contributed by atoms with Gasteiger partial charge < -0.3 is 0 Å². The molecule has 22 heavy (non-hydrogen) atoms. The third-order valence-electron chi connectivity index (χ3n) is 3.36. The average Bonchev–Trinajstić information content (AvgIpc) is 2.86. The molecule has 110 valence electrons. The molecule has 0 aliphatic rings. The lowest BCUT2D eigenvalue weighted by molar-refractivity contribution is 0.805. The van der Waals surface area contributed by atoms with Crippen LogP contribution in [0.2, 0.25) is 0 Å². The summed E-state index contributed by atoms with van der Waals surface area (Å²) in [5, 5.41) is 4.46. The molecule has 0 amide bonds. The Morgan fingerprint density at radius 2 is 1.77 bits per heavy atom. The zero-order valence-corrected chi connectivity index (χ0v) is 13.0. The molecule has 0 saturated heterocycles. The molecule has 0 spiro atoms. The Bertz CT molecular complexity index is 813. The van der Waals surface area contributed by atoms with E-state index in [1.165, 1.54) is 5.56 Å². The summed E-state index contributed by atoms with van der Waals surface area (Å²) in [5.41, 5.74) is 5.01. The summed E-state index contributed by atoms with van der Waals surface area (Å²) in [6.45, 7) is 6.06. The average molecular weight is 290 g/mol. The van der Waals surface area contributed by atoms with Crippen molar-refractivity contribution in [2.75, 3.05) is 0 Å². The highest BCUT2D eigenvalue weighted by atomic mass is 15.3. The second kappa shape index (κ2) is 5.93. The third kappa shape index (κ3) is 3.11. The fourth-order valence-corrected chi connectivity index (χ4v) is 2.26. The topological polar surface area (TPSA) is 43.1 Å². The Hall–Kier alpha value is -2.75. The SMILES string of the molecule is Cc1ccc(N=Cc2cccc(-n3nc(C)cc3C)n2)cc1. The van der Waals surface area contributed by atoms with Gasteiger partial charge >= 0.3 is 0 Å². The van der Waals surface area contributed by atoms with Gasteiger partial charge in [0, 0.05) is 5.69 Å². The third-order valence-corrected chi connectivity index (χ3v) is 3.36. The van der Waals surface area contributed by atoms with Crippen molar-refractivity contribution in [3.8, 4) is 5.82 Å². The van der Waals surface area contributed by atoms with Gasteiger partial charge in [-0.1, -0.05) is 23.8 Å². The minimum absolute atomic E-state index is 0.804. The van der Waals surface area contributed by atoms with Gasteiger partial charge in [-0.3, -0.25) is 4.99 Å². The number of aliphatic imine (C=N–C) groups is 1. The van der Waals surface area contributed by atoms with E-state index in [1.807, 2.05) is 67.1 Å². The molecular formula is C18H18N4. The van der Waals surface area contributed by atoms with Crippen molar-refractivity contribution >= 4 is 11.9 Å². The summed E-state index contributed by atoms with van der Waals surface area (Å²) >= 11 is 0. The molecule has 2 heterocycles. The van der Waals surface area contributed by atoms with Gasteiger partial charge in [-0.15, -0.1) is 0 Å². The highest BCUT2D eigenvalue weighted by molar-refractivity contribution is 5.79. The zero-order chi connectivity index (χ0) is 15.5. The van der Waals surface area contributed by atoms with Crippen LogP contribution in [0.3, 0.4) is 0 Å². The predicted molar refractivity (Wildman–Crippen MR) is 89.3 cm³/mol. The lowest BCUT2D eigenvalue weighted by Gasteiger charge is -2.03. The molecule has 3 aromatic rings. The van der Waals surface area contributed by atoms with Crippen LogP contribution < -0.4 is 0 Å². The van der Waals surface area contributed by atoms with Crippen molar-refractivity contribution < 1.29 is 0 Å². The summed E-state index contributed by atoms with van der Waals surface area (Å²) < 4.78 is 1.85. The molecule has 3 rings (SSSR count). The lowest BCUT2D eigenvalue weighted by atomic mass is 10.2. The summed E-state index contributed by atoms with van der Waals surface area (Å²) in [6.07, 6.45) is 1.78. The summed E-state index contributed by atoms with van der Waals surface area (Å²) in [7, 11) is 0. The second-order valence-electron chi connectivity index (χ2n) is 5.35. The van der Waals surface area contributed by atoms with Gasteiger partial charge in [-0.25, -0.2) is 9.67 Å². The number of nitrogens with zero attached hydrogens (tertiary/aromatic N) is 4. The molecule has 0 atom stereocenters. The largest absolute Gasteiger partial charge is 0.255 e. The molecule has 2 aromatic heterocycles. The first-order valence-corrected chi connectivity index (χ1v) is 7.23. The van der Waals surface area contributed by atoms with E-state index in [0.717, 1.165) is 28.6 Å². The maximum absolute atomic E-state index is 4.60. The van der Waals surface area contributed by atoms with Crippen molar-refractivity contribution in [1.29, 1.82) is 0 Å². The molecule has 0 radical (unpaired) electrons. The van der Waals surface area contributed by atoms with Crippen LogP contribution in [0.4, 0.5) is 5.69 Å². The Labute approximate surface area is 130 Å². The van der Waals surface area contributed by atoms with E-state index >= 15 is 0 Å². The van der Waals surface area contributed by atoms with E-state index in [4.69, 9.17) is 0 Å². The monoisotopic (exact) mass is 290 g/mol.